The van der Waals surface area contributed by atoms with Gasteiger partial charge in [-0.05, 0) is 48.5 Å². The molecule has 1 fully saturated rings. The van der Waals surface area contributed by atoms with Crippen molar-refractivity contribution in [3.63, 3.8) is 0 Å². The molecule has 0 unspecified atom stereocenters. The van der Waals surface area contributed by atoms with Gasteiger partial charge in [0.05, 0.1) is 19.8 Å². The largest absolute Gasteiger partial charge is 0.370 e. The van der Waals surface area contributed by atoms with Gasteiger partial charge in [-0.15, -0.1) is 0 Å². The average molecular weight is 389 g/mol. The standard InChI is InChI=1S/C21H26FN3OS/c1-2-16-3-9-19(10-4-16)24-21(27)23-15-20(25-11-13-26-14-12-25)17-5-7-18(22)8-6-17/h3-10,20H,2,11-15H2,1H3,(H2,23,24,27)/p+1/t20-/m0/s1. The summed E-state index contributed by atoms with van der Waals surface area (Å²) in [7, 11) is 0. The molecule has 0 amide bonds. The number of morpholine rings is 1. The molecule has 2 aromatic carbocycles. The number of halogens is 1. The van der Waals surface area contributed by atoms with Crippen molar-refractivity contribution in [1.29, 1.82) is 0 Å². The third-order valence-corrected chi connectivity index (χ3v) is 5.23. The van der Waals surface area contributed by atoms with Crippen molar-refractivity contribution in [2.45, 2.75) is 19.4 Å². The van der Waals surface area contributed by atoms with Crippen molar-refractivity contribution in [3.8, 4) is 0 Å². The van der Waals surface area contributed by atoms with Gasteiger partial charge in [0.1, 0.15) is 24.9 Å². The summed E-state index contributed by atoms with van der Waals surface area (Å²) in [4.78, 5) is 1.43. The second-order valence-electron chi connectivity index (χ2n) is 6.76. The third-order valence-electron chi connectivity index (χ3n) is 4.99. The fraction of sp³-hybridized carbons (Fsp3) is 0.381. The molecule has 0 spiro atoms. The van der Waals surface area contributed by atoms with Crippen LogP contribution in [-0.2, 0) is 11.2 Å². The van der Waals surface area contributed by atoms with Crippen molar-refractivity contribution in [2.75, 3.05) is 38.2 Å². The summed E-state index contributed by atoms with van der Waals surface area (Å²) in [5.41, 5.74) is 3.38. The van der Waals surface area contributed by atoms with Gasteiger partial charge in [0.2, 0.25) is 0 Å². The maximum absolute atomic E-state index is 13.3. The zero-order valence-electron chi connectivity index (χ0n) is 15.6. The van der Waals surface area contributed by atoms with E-state index in [9.17, 15) is 4.39 Å². The minimum Gasteiger partial charge on any atom is -0.370 e. The summed E-state index contributed by atoms with van der Waals surface area (Å²) < 4.78 is 18.8. The molecule has 3 N–H and O–H groups in total. The molecule has 1 atom stereocenters. The monoisotopic (exact) mass is 388 g/mol. The van der Waals surface area contributed by atoms with Crippen LogP contribution in [0.3, 0.4) is 0 Å². The number of nitrogens with one attached hydrogen (secondary N) is 3. The number of quaternary nitrogens is 1. The van der Waals surface area contributed by atoms with Crippen LogP contribution >= 0.6 is 12.2 Å². The lowest BCUT2D eigenvalue weighted by molar-refractivity contribution is -0.937. The smallest absolute Gasteiger partial charge is 0.171 e. The van der Waals surface area contributed by atoms with Crippen LogP contribution in [0.15, 0.2) is 48.5 Å². The molecule has 1 aliphatic heterocycles. The van der Waals surface area contributed by atoms with Crippen molar-refractivity contribution in [2.24, 2.45) is 0 Å². The first-order chi connectivity index (χ1) is 13.2. The highest BCUT2D eigenvalue weighted by Crippen LogP contribution is 2.12. The number of ether oxygens (including phenoxy) is 1. The third kappa shape index (κ3) is 5.73. The lowest BCUT2D eigenvalue weighted by Crippen LogP contribution is -3.15. The van der Waals surface area contributed by atoms with E-state index >= 15 is 0 Å². The van der Waals surface area contributed by atoms with Crippen LogP contribution in [0.2, 0.25) is 0 Å². The summed E-state index contributed by atoms with van der Waals surface area (Å²) in [6.45, 7) is 6.18. The molecular weight excluding hydrogens is 361 g/mol. The van der Waals surface area contributed by atoms with E-state index < -0.39 is 0 Å². The van der Waals surface area contributed by atoms with E-state index in [0.29, 0.717) is 11.7 Å². The highest BCUT2D eigenvalue weighted by Gasteiger charge is 2.26. The van der Waals surface area contributed by atoms with Gasteiger partial charge in [-0.3, -0.25) is 0 Å². The van der Waals surface area contributed by atoms with E-state index in [1.165, 1.54) is 22.6 Å². The van der Waals surface area contributed by atoms with Crippen LogP contribution in [0.1, 0.15) is 24.1 Å². The van der Waals surface area contributed by atoms with Crippen LogP contribution in [0.25, 0.3) is 0 Å². The van der Waals surface area contributed by atoms with Gasteiger partial charge >= 0.3 is 0 Å². The van der Waals surface area contributed by atoms with Crippen molar-refractivity contribution in [3.05, 3.63) is 65.5 Å². The van der Waals surface area contributed by atoms with Crippen LogP contribution in [0.5, 0.6) is 0 Å². The summed E-state index contributed by atoms with van der Waals surface area (Å²) >= 11 is 5.47. The number of rotatable bonds is 6. The number of benzene rings is 2. The first-order valence-electron chi connectivity index (χ1n) is 9.47. The zero-order valence-corrected chi connectivity index (χ0v) is 16.4. The Hall–Kier alpha value is -2.02. The van der Waals surface area contributed by atoms with Crippen LogP contribution in [-0.4, -0.2) is 38.0 Å². The molecule has 144 valence electrons. The Morgan fingerprint density at radius 1 is 1.11 bits per heavy atom. The molecule has 0 bridgehead atoms. The molecule has 0 saturated carbocycles. The second-order valence-corrected chi connectivity index (χ2v) is 7.17. The maximum atomic E-state index is 13.3. The number of hydrogen-bond acceptors (Lipinski definition) is 2. The second kappa shape index (κ2) is 9.78. The highest BCUT2D eigenvalue weighted by atomic mass is 32.1. The van der Waals surface area contributed by atoms with Gasteiger partial charge in [0.25, 0.3) is 0 Å². The molecule has 4 nitrogen and oxygen atoms in total. The number of thiocarbonyl (C=S) groups is 1. The summed E-state index contributed by atoms with van der Waals surface area (Å²) in [6, 6.07) is 15.2. The Bertz CT molecular complexity index is 730. The molecule has 1 heterocycles. The first kappa shape index (κ1) is 19.7. The highest BCUT2D eigenvalue weighted by molar-refractivity contribution is 7.80. The SMILES string of the molecule is CCc1ccc(NC(=S)NC[C@@H](c2ccc(F)cc2)[NH+]2CCOCC2)cc1. The normalized spacial score (nSPS) is 15.9. The molecule has 6 heteroatoms. The Labute approximate surface area is 165 Å². The van der Waals surface area contributed by atoms with Gasteiger partial charge in [-0.1, -0.05) is 31.2 Å². The minimum absolute atomic E-state index is 0.191. The molecule has 3 rings (SSSR count). The quantitative estimate of drug-likeness (QED) is 0.664. The number of hydrogen-bond donors (Lipinski definition) is 3. The van der Waals surface area contributed by atoms with E-state index in [1.807, 2.05) is 24.3 Å². The van der Waals surface area contributed by atoms with E-state index in [0.717, 1.165) is 44.0 Å². The molecule has 0 radical (unpaired) electrons. The predicted octanol–water partition coefficient (Wildman–Crippen LogP) is 2.33. The summed E-state index contributed by atoms with van der Waals surface area (Å²) in [5.74, 6) is -0.213. The Kier molecular flexibility index (Phi) is 7.15. The Morgan fingerprint density at radius 2 is 1.78 bits per heavy atom. The lowest BCUT2D eigenvalue weighted by atomic mass is 10.0. The summed E-state index contributed by atoms with van der Waals surface area (Å²) in [5, 5.41) is 7.17. The van der Waals surface area contributed by atoms with Gasteiger partial charge in [0.15, 0.2) is 5.11 Å². The molecule has 1 saturated heterocycles. The van der Waals surface area contributed by atoms with Crippen molar-refractivity contribution < 1.29 is 14.0 Å². The molecule has 27 heavy (non-hydrogen) atoms. The van der Waals surface area contributed by atoms with Crippen molar-refractivity contribution in [1.82, 2.24) is 5.32 Å². The molecule has 1 aliphatic rings. The van der Waals surface area contributed by atoms with Crippen molar-refractivity contribution >= 4 is 23.0 Å². The van der Waals surface area contributed by atoms with E-state index in [-0.39, 0.29) is 11.9 Å². The van der Waals surface area contributed by atoms with Crippen LogP contribution in [0.4, 0.5) is 10.1 Å². The number of anilines is 1. The van der Waals surface area contributed by atoms with Gasteiger partial charge in [-0.25, -0.2) is 4.39 Å². The Morgan fingerprint density at radius 3 is 2.41 bits per heavy atom. The maximum Gasteiger partial charge on any atom is 0.171 e. The first-order valence-corrected chi connectivity index (χ1v) is 9.88. The van der Waals surface area contributed by atoms with E-state index in [4.69, 9.17) is 17.0 Å². The average Bonchev–Trinajstić information content (AvgIpc) is 2.71. The summed E-state index contributed by atoms with van der Waals surface area (Å²) in [6.07, 6.45) is 1.02. The van der Waals surface area contributed by atoms with Crippen LogP contribution < -0.4 is 15.5 Å². The Balaban J connectivity index is 1.62. The topological polar surface area (TPSA) is 37.7 Å². The molecule has 0 aliphatic carbocycles. The van der Waals surface area contributed by atoms with E-state index in [1.54, 1.807) is 0 Å². The lowest BCUT2D eigenvalue weighted by Gasteiger charge is -2.32. The van der Waals surface area contributed by atoms with Gasteiger partial charge in [0, 0.05) is 11.3 Å². The van der Waals surface area contributed by atoms with Crippen LogP contribution in [0, 0.1) is 5.82 Å². The van der Waals surface area contributed by atoms with Gasteiger partial charge < -0.3 is 20.3 Å². The minimum atomic E-state index is -0.213. The molecule has 0 aromatic heterocycles. The molecular formula is C21H27FN3OS+. The predicted molar refractivity (Wildman–Crippen MR) is 111 cm³/mol. The fourth-order valence-corrected chi connectivity index (χ4v) is 3.57. The molecule has 2 aromatic rings. The fourth-order valence-electron chi connectivity index (χ4n) is 3.37. The zero-order chi connectivity index (χ0) is 19.1. The van der Waals surface area contributed by atoms with Gasteiger partial charge in [-0.2, -0.15) is 0 Å². The number of aryl methyl sites for hydroxylation is 1. The van der Waals surface area contributed by atoms with E-state index in [2.05, 4.69) is 29.7 Å².